The molecule has 0 aliphatic heterocycles. The van der Waals surface area contributed by atoms with Gasteiger partial charge in [-0.1, -0.05) is 26.8 Å². The molecule has 2 rings (SSSR count). The predicted octanol–water partition coefficient (Wildman–Crippen LogP) is 4.65. The van der Waals surface area contributed by atoms with Gasteiger partial charge in [0.1, 0.15) is 17.1 Å². The van der Waals surface area contributed by atoms with Crippen LogP contribution in [0.5, 0.6) is 5.75 Å². The normalized spacial score (nSPS) is 12.0. The lowest BCUT2D eigenvalue weighted by atomic mass is 9.92. The number of aromatic nitrogens is 2. The number of rotatable bonds is 6. The summed E-state index contributed by atoms with van der Waals surface area (Å²) in [4.78, 5) is 4.78. The van der Waals surface area contributed by atoms with Gasteiger partial charge in [-0.15, -0.1) is 11.6 Å². The zero-order valence-corrected chi connectivity index (χ0v) is 14.2. The van der Waals surface area contributed by atoms with Crippen molar-refractivity contribution in [3.8, 4) is 5.75 Å². The molecule has 0 unspecified atom stereocenters. The summed E-state index contributed by atoms with van der Waals surface area (Å²) < 4.78 is 8.00. The van der Waals surface area contributed by atoms with E-state index in [1.807, 2.05) is 19.1 Å². The van der Waals surface area contributed by atoms with Crippen LogP contribution in [0.1, 0.15) is 39.9 Å². The number of benzene rings is 1. The van der Waals surface area contributed by atoms with Crippen LogP contribution in [0.2, 0.25) is 0 Å². The third-order valence-corrected chi connectivity index (χ3v) is 3.71. The van der Waals surface area contributed by atoms with Gasteiger partial charge in [0.25, 0.3) is 0 Å². The molecule has 21 heavy (non-hydrogen) atoms. The monoisotopic (exact) mass is 308 g/mol. The van der Waals surface area contributed by atoms with E-state index in [0.717, 1.165) is 42.0 Å². The molecule has 0 N–H and O–H groups in total. The highest BCUT2D eigenvalue weighted by atomic mass is 35.5. The molecule has 1 aromatic heterocycles. The van der Waals surface area contributed by atoms with Crippen molar-refractivity contribution in [2.24, 2.45) is 5.41 Å². The second-order valence-corrected chi connectivity index (χ2v) is 6.86. The Hall–Kier alpha value is -1.22. The summed E-state index contributed by atoms with van der Waals surface area (Å²) >= 11 is 5.94. The second-order valence-electron chi connectivity index (χ2n) is 6.49. The number of imidazole rings is 1. The summed E-state index contributed by atoms with van der Waals surface area (Å²) in [5.74, 6) is 2.50. The Balaban J connectivity index is 2.44. The number of fused-ring (bicyclic) bond motifs is 1. The minimum absolute atomic E-state index is 0.298. The third kappa shape index (κ3) is 3.91. The molecule has 3 nitrogen and oxygen atoms in total. The average Bonchev–Trinajstić information content (AvgIpc) is 2.75. The average molecular weight is 309 g/mol. The quantitative estimate of drug-likeness (QED) is 0.726. The maximum absolute atomic E-state index is 5.94. The second kappa shape index (κ2) is 6.69. The van der Waals surface area contributed by atoms with E-state index < -0.39 is 0 Å². The van der Waals surface area contributed by atoms with E-state index >= 15 is 0 Å². The third-order valence-electron chi connectivity index (χ3n) is 3.52. The Morgan fingerprint density at radius 2 is 2.05 bits per heavy atom. The summed E-state index contributed by atoms with van der Waals surface area (Å²) in [6.07, 6.45) is 1.89. The first-order chi connectivity index (χ1) is 9.96. The Kier molecular flexibility index (Phi) is 5.15. The van der Waals surface area contributed by atoms with Gasteiger partial charge in [0.15, 0.2) is 0 Å². The van der Waals surface area contributed by atoms with Crippen LogP contribution in [-0.2, 0) is 13.0 Å². The van der Waals surface area contributed by atoms with Crippen LogP contribution in [-0.4, -0.2) is 22.0 Å². The molecule has 0 spiro atoms. The van der Waals surface area contributed by atoms with Gasteiger partial charge in [0.2, 0.25) is 0 Å². The molecule has 0 amide bonds. The Bertz CT molecular complexity index is 599. The molecule has 116 valence electrons. The molecule has 1 aromatic carbocycles. The van der Waals surface area contributed by atoms with Gasteiger partial charge in [-0.2, -0.15) is 0 Å². The van der Waals surface area contributed by atoms with Gasteiger partial charge in [-0.25, -0.2) is 4.98 Å². The maximum atomic E-state index is 5.94. The van der Waals surface area contributed by atoms with Crippen molar-refractivity contribution in [2.75, 3.05) is 12.5 Å². The molecular weight excluding hydrogens is 284 g/mol. The number of halogens is 1. The number of hydrogen-bond acceptors (Lipinski definition) is 2. The van der Waals surface area contributed by atoms with Crippen LogP contribution in [0.15, 0.2) is 18.2 Å². The molecule has 0 radical (unpaired) electrons. The first-order valence-electron chi connectivity index (χ1n) is 7.63. The van der Waals surface area contributed by atoms with Crippen LogP contribution in [0, 0.1) is 5.41 Å². The molecule has 0 saturated heterocycles. The van der Waals surface area contributed by atoms with Crippen LogP contribution < -0.4 is 4.74 Å². The summed E-state index contributed by atoms with van der Waals surface area (Å²) in [5, 5.41) is 0. The minimum atomic E-state index is 0.298. The van der Waals surface area contributed by atoms with E-state index in [4.69, 9.17) is 21.3 Å². The van der Waals surface area contributed by atoms with Crippen molar-refractivity contribution in [3.63, 3.8) is 0 Å². The predicted molar refractivity (Wildman–Crippen MR) is 89.4 cm³/mol. The van der Waals surface area contributed by atoms with E-state index in [1.54, 1.807) is 0 Å². The van der Waals surface area contributed by atoms with Gasteiger partial charge < -0.3 is 9.30 Å². The fourth-order valence-corrected chi connectivity index (χ4v) is 2.58. The van der Waals surface area contributed by atoms with E-state index in [2.05, 4.69) is 31.4 Å². The Morgan fingerprint density at radius 1 is 1.29 bits per heavy atom. The number of para-hydroxylation sites is 1. The van der Waals surface area contributed by atoms with Crippen LogP contribution >= 0.6 is 11.6 Å². The van der Waals surface area contributed by atoms with Crippen molar-refractivity contribution in [2.45, 2.75) is 47.1 Å². The highest BCUT2D eigenvalue weighted by Crippen LogP contribution is 2.28. The molecule has 1 heterocycles. The van der Waals surface area contributed by atoms with E-state index in [9.17, 15) is 0 Å². The first-order valence-corrected chi connectivity index (χ1v) is 8.16. The van der Waals surface area contributed by atoms with Crippen LogP contribution in [0.4, 0.5) is 0 Å². The van der Waals surface area contributed by atoms with Crippen molar-refractivity contribution >= 4 is 22.6 Å². The van der Waals surface area contributed by atoms with E-state index in [-0.39, 0.29) is 0 Å². The smallest absolute Gasteiger partial charge is 0.147 e. The lowest BCUT2D eigenvalue weighted by Gasteiger charge is -2.19. The Morgan fingerprint density at radius 3 is 2.67 bits per heavy atom. The molecule has 0 aliphatic carbocycles. The number of aryl methyl sites for hydroxylation is 2. The number of ether oxygens (including phenoxy) is 1. The van der Waals surface area contributed by atoms with Crippen molar-refractivity contribution in [3.05, 3.63) is 24.0 Å². The van der Waals surface area contributed by atoms with Gasteiger partial charge in [0, 0.05) is 18.8 Å². The molecule has 4 heteroatoms. The van der Waals surface area contributed by atoms with Crippen LogP contribution in [0.25, 0.3) is 11.0 Å². The molecule has 0 atom stereocenters. The molecular formula is C17H25ClN2O. The molecule has 0 bridgehead atoms. The van der Waals surface area contributed by atoms with E-state index in [0.29, 0.717) is 17.9 Å². The number of hydrogen-bond donors (Lipinski definition) is 0. The maximum Gasteiger partial charge on any atom is 0.147 e. The zero-order valence-electron chi connectivity index (χ0n) is 13.4. The lowest BCUT2D eigenvalue weighted by Crippen LogP contribution is -2.12. The number of nitrogens with zero attached hydrogens (tertiary/aromatic N) is 2. The number of alkyl halides is 1. The standard InChI is InChI=1S/C17H25ClN2O/c1-5-21-14-8-6-7-13-16(14)19-15(9-11-18)20(13)12-10-17(2,3)4/h6-8H,5,9-12H2,1-4H3. The highest BCUT2D eigenvalue weighted by Gasteiger charge is 2.16. The topological polar surface area (TPSA) is 27.1 Å². The summed E-state index contributed by atoms with van der Waals surface area (Å²) in [6.45, 7) is 10.4. The van der Waals surface area contributed by atoms with Gasteiger partial charge in [-0.05, 0) is 30.9 Å². The van der Waals surface area contributed by atoms with Gasteiger partial charge in [0.05, 0.1) is 12.1 Å². The summed E-state index contributed by atoms with van der Waals surface area (Å²) in [6, 6.07) is 6.13. The van der Waals surface area contributed by atoms with Crippen molar-refractivity contribution < 1.29 is 4.74 Å². The largest absolute Gasteiger partial charge is 0.492 e. The molecule has 0 aliphatic rings. The highest BCUT2D eigenvalue weighted by molar-refractivity contribution is 6.17. The van der Waals surface area contributed by atoms with Gasteiger partial charge >= 0.3 is 0 Å². The minimum Gasteiger partial charge on any atom is -0.492 e. The first kappa shape index (κ1) is 16.2. The lowest BCUT2D eigenvalue weighted by molar-refractivity contribution is 0.343. The fourth-order valence-electron chi connectivity index (χ4n) is 2.41. The summed E-state index contributed by atoms with van der Waals surface area (Å²) in [7, 11) is 0. The fraction of sp³-hybridized carbons (Fsp3) is 0.588. The van der Waals surface area contributed by atoms with E-state index in [1.165, 1.54) is 0 Å². The molecule has 0 saturated carbocycles. The van der Waals surface area contributed by atoms with Crippen molar-refractivity contribution in [1.29, 1.82) is 0 Å². The summed E-state index contributed by atoms with van der Waals surface area (Å²) in [5.41, 5.74) is 2.39. The van der Waals surface area contributed by atoms with Crippen LogP contribution in [0.3, 0.4) is 0 Å². The molecule has 2 aromatic rings. The zero-order chi connectivity index (χ0) is 15.5. The van der Waals surface area contributed by atoms with Crippen molar-refractivity contribution in [1.82, 2.24) is 9.55 Å². The molecule has 0 fully saturated rings. The SMILES string of the molecule is CCOc1cccc2c1nc(CCCl)n2CCC(C)(C)C. The van der Waals surface area contributed by atoms with Gasteiger partial charge in [-0.3, -0.25) is 0 Å². The Labute approximate surface area is 132 Å².